The standard InChI is InChI=1S/C12H12BFO3/c1-6(15)7-2-9-10(3-7)12-8(4-11(9)14)5-17-13(12)16/h4,7,16H,2-3,5H2,1H3. The van der Waals surface area contributed by atoms with Gasteiger partial charge in [0.05, 0.1) is 6.61 Å². The molecule has 0 fully saturated rings. The van der Waals surface area contributed by atoms with Crippen LogP contribution in [0.4, 0.5) is 4.39 Å². The Morgan fingerprint density at radius 2 is 2.24 bits per heavy atom. The molecule has 0 spiro atoms. The second kappa shape index (κ2) is 3.65. The van der Waals surface area contributed by atoms with Gasteiger partial charge in [0.25, 0.3) is 0 Å². The van der Waals surface area contributed by atoms with Gasteiger partial charge in [-0.1, -0.05) is 0 Å². The third-order valence-electron chi connectivity index (χ3n) is 3.74. The first-order valence-corrected chi connectivity index (χ1v) is 5.71. The number of Topliss-reactive ketones (excluding diaryl/α,β-unsaturated/α-hetero) is 1. The maximum absolute atomic E-state index is 13.9. The van der Waals surface area contributed by atoms with Crippen LogP contribution in [0.3, 0.4) is 0 Å². The maximum atomic E-state index is 13.9. The second-order valence-electron chi connectivity index (χ2n) is 4.77. The normalized spacial score (nSPS) is 21.6. The first-order valence-electron chi connectivity index (χ1n) is 5.71. The predicted molar refractivity (Wildman–Crippen MR) is 60.4 cm³/mol. The molecule has 0 radical (unpaired) electrons. The van der Waals surface area contributed by atoms with E-state index in [4.69, 9.17) is 4.65 Å². The van der Waals surface area contributed by atoms with Crippen molar-refractivity contribution < 1.29 is 18.9 Å². The summed E-state index contributed by atoms with van der Waals surface area (Å²) in [5.41, 5.74) is 2.75. The molecule has 0 saturated carbocycles. The first-order chi connectivity index (χ1) is 8.08. The molecule has 1 atom stereocenters. The number of hydrogen-bond acceptors (Lipinski definition) is 3. The lowest BCUT2D eigenvalue weighted by molar-refractivity contribution is -0.120. The summed E-state index contributed by atoms with van der Waals surface area (Å²) in [6.07, 6.45) is 0.960. The van der Waals surface area contributed by atoms with Gasteiger partial charge in [-0.3, -0.25) is 4.79 Å². The van der Waals surface area contributed by atoms with Gasteiger partial charge in [-0.15, -0.1) is 0 Å². The van der Waals surface area contributed by atoms with Crippen LogP contribution in [0.15, 0.2) is 6.07 Å². The monoisotopic (exact) mass is 234 g/mol. The van der Waals surface area contributed by atoms with E-state index in [2.05, 4.69) is 0 Å². The Labute approximate surface area is 98.7 Å². The number of benzene rings is 1. The average Bonchev–Trinajstić information content (AvgIpc) is 2.83. The Hall–Kier alpha value is -1.20. The van der Waals surface area contributed by atoms with Crippen LogP contribution in [0.5, 0.6) is 0 Å². The van der Waals surface area contributed by atoms with Crippen LogP contribution in [0.2, 0.25) is 0 Å². The van der Waals surface area contributed by atoms with Crippen molar-refractivity contribution in [2.45, 2.75) is 26.4 Å². The zero-order chi connectivity index (χ0) is 12.2. The number of halogens is 1. The molecule has 1 N–H and O–H groups in total. The minimum Gasteiger partial charge on any atom is -0.423 e. The fourth-order valence-corrected chi connectivity index (χ4v) is 2.80. The number of fused-ring (bicyclic) bond motifs is 3. The third-order valence-corrected chi connectivity index (χ3v) is 3.74. The van der Waals surface area contributed by atoms with E-state index in [-0.39, 0.29) is 24.1 Å². The first kappa shape index (κ1) is 10.9. The fourth-order valence-electron chi connectivity index (χ4n) is 2.80. The van der Waals surface area contributed by atoms with Crippen LogP contribution in [0, 0.1) is 11.7 Å². The number of hydrogen-bond donors (Lipinski definition) is 1. The maximum Gasteiger partial charge on any atom is 0.492 e. The van der Waals surface area contributed by atoms with Gasteiger partial charge in [0, 0.05) is 5.92 Å². The largest absolute Gasteiger partial charge is 0.492 e. The molecule has 17 heavy (non-hydrogen) atoms. The highest BCUT2D eigenvalue weighted by molar-refractivity contribution is 6.62. The quantitative estimate of drug-likeness (QED) is 0.713. The SMILES string of the molecule is CC(=O)C1Cc2c(F)cc3c(c2C1)B(O)OC3. The molecule has 1 aromatic carbocycles. The van der Waals surface area contributed by atoms with Crippen molar-refractivity contribution in [3.8, 4) is 0 Å². The molecule has 1 aliphatic carbocycles. The Kier molecular flexibility index (Phi) is 2.35. The summed E-state index contributed by atoms with van der Waals surface area (Å²) >= 11 is 0. The van der Waals surface area contributed by atoms with E-state index < -0.39 is 7.12 Å². The number of carbonyl (C=O) groups excluding carboxylic acids is 1. The van der Waals surface area contributed by atoms with Crippen molar-refractivity contribution in [1.82, 2.24) is 0 Å². The molecule has 3 rings (SSSR count). The van der Waals surface area contributed by atoms with Gasteiger partial charge < -0.3 is 9.68 Å². The van der Waals surface area contributed by atoms with E-state index in [1.54, 1.807) is 0 Å². The van der Waals surface area contributed by atoms with Crippen LogP contribution < -0.4 is 5.46 Å². The predicted octanol–water partition coefficient (Wildman–Crippen LogP) is 0.347. The molecule has 1 aromatic rings. The molecule has 1 unspecified atom stereocenters. The topological polar surface area (TPSA) is 46.5 Å². The molecule has 0 saturated heterocycles. The van der Waals surface area contributed by atoms with Crippen LogP contribution in [0.1, 0.15) is 23.6 Å². The van der Waals surface area contributed by atoms with Crippen molar-refractivity contribution >= 4 is 18.4 Å². The highest BCUT2D eigenvalue weighted by atomic mass is 19.1. The summed E-state index contributed by atoms with van der Waals surface area (Å²) in [5.74, 6) is -0.359. The van der Waals surface area contributed by atoms with Crippen molar-refractivity contribution in [2.75, 3.05) is 0 Å². The lowest BCUT2D eigenvalue weighted by Crippen LogP contribution is -2.32. The summed E-state index contributed by atoms with van der Waals surface area (Å²) in [6, 6.07) is 1.42. The Morgan fingerprint density at radius 3 is 2.94 bits per heavy atom. The highest BCUT2D eigenvalue weighted by Gasteiger charge is 2.37. The molecule has 0 bridgehead atoms. The third kappa shape index (κ3) is 1.53. The van der Waals surface area contributed by atoms with Gasteiger partial charge in [0.2, 0.25) is 0 Å². The second-order valence-corrected chi connectivity index (χ2v) is 4.77. The summed E-state index contributed by atoms with van der Waals surface area (Å²) in [4.78, 5) is 11.4. The van der Waals surface area contributed by atoms with Crippen molar-refractivity contribution in [2.24, 2.45) is 5.92 Å². The molecular weight excluding hydrogens is 222 g/mol. The number of rotatable bonds is 1. The molecule has 88 valence electrons. The zero-order valence-electron chi connectivity index (χ0n) is 9.50. The Morgan fingerprint density at radius 1 is 1.53 bits per heavy atom. The van der Waals surface area contributed by atoms with Gasteiger partial charge >= 0.3 is 7.12 Å². The fraction of sp³-hybridized carbons (Fsp3) is 0.417. The van der Waals surface area contributed by atoms with Crippen LogP contribution in [0.25, 0.3) is 0 Å². The van der Waals surface area contributed by atoms with E-state index in [9.17, 15) is 14.2 Å². The molecule has 1 aliphatic heterocycles. The van der Waals surface area contributed by atoms with Crippen molar-refractivity contribution in [3.63, 3.8) is 0 Å². The van der Waals surface area contributed by atoms with Gasteiger partial charge in [0.15, 0.2) is 0 Å². The van der Waals surface area contributed by atoms with E-state index in [1.807, 2.05) is 0 Å². The minimum atomic E-state index is -0.968. The number of ketones is 1. The van der Waals surface area contributed by atoms with Crippen LogP contribution in [-0.2, 0) is 28.9 Å². The highest BCUT2D eigenvalue weighted by Crippen LogP contribution is 2.31. The van der Waals surface area contributed by atoms with Crippen molar-refractivity contribution in [1.29, 1.82) is 0 Å². The van der Waals surface area contributed by atoms with E-state index in [0.29, 0.717) is 29.4 Å². The molecule has 2 aliphatic rings. The van der Waals surface area contributed by atoms with Gasteiger partial charge in [0.1, 0.15) is 11.6 Å². The summed E-state index contributed by atoms with van der Waals surface area (Å²) in [7, 11) is -0.968. The molecule has 0 aromatic heterocycles. The summed E-state index contributed by atoms with van der Waals surface area (Å²) < 4.78 is 19.0. The Bertz CT molecular complexity index is 515. The van der Waals surface area contributed by atoms with Crippen LogP contribution in [-0.4, -0.2) is 17.9 Å². The van der Waals surface area contributed by atoms with Gasteiger partial charge in [-0.2, -0.15) is 0 Å². The molecule has 5 heteroatoms. The van der Waals surface area contributed by atoms with E-state index in [1.165, 1.54) is 13.0 Å². The van der Waals surface area contributed by atoms with Crippen molar-refractivity contribution in [3.05, 3.63) is 28.6 Å². The van der Waals surface area contributed by atoms with Gasteiger partial charge in [-0.25, -0.2) is 4.39 Å². The molecule has 0 amide bonds. The van der Waals surface area contributed by atoms with Crippen LogP contribution >= 0.6 is 0 Å². The minimum absolute atomic E-state index is 0.0720. The van der Waals surface area contributed by atoms with E-state index >= 15 is 0 Å². The number of carbonyl (C=O) groups is 1. The lowest BCUT2D eigenvalue weighted by Gasteiger charge is -2.07. The molecular formula is C12H12BFO3. The summed E-state index contributed by atoms with van der Waals surface area (Å²) in [5, 5.41) is 9.73. The lowest BCUT2D eigenvalue weighted by atomic mass is 9.75. The van der Waals surface area contributed by atoms with Gasteiger partial charge in [-0.05, 0) is 48.0 Å². The summed E-state index contributed by atoms with van der Waals surface area (Å²) in [6.45, 7) is 1.77. The smallest absolute Gasteiger partial charge is 0.423 e. The molecule has 3 nitrogen and oxygen atoms in total. The zero-order valence-corrected chi connectivity index (χ0v) is 9.50. The Balaban J connectivity index is 2.13. The molecule has 1 heterocycles. The van der Waals surface area contributed by atoms with E-state index in [0.717, 1.165) is 5.56 Å². The average molecular weight is 234 g/mol.